The molecule has 2 N–H and O–H groups in total. The van der Waals surface area contributed by atoms with Gasteiger partial charge in [-0.3, -0.25) is 0 Å². The summed E-state index contributed by atoms with van der Waals surface area (Å²) >= 11 is -1.18. The lowest BCUT2D eigenvalue weighted by Crippen LogP contribution is -2.41. The largest absolute Gasteiger partial charge is 0.616 e. The molecule has 0 amide bonds. The first kappa shape index (κ1) is 30.2. The topological polar surface area (TPSA) is 63.5 Å². The van der Waals surface area contributed by atoms with Crippen molar-refractivity contribution in [3.63, 3.8) is 0 Å². The van der Waals surface area contributed by atoms with Crippen LogP contribution in [-0.4, -0.2) is 37.5 Å². The molecule has 4 heteroatoms. The predicted molar refractivity (Wildman–Crippen MR) is 134 cm³/mol. The van der Waals surface area contributed by atoms with E-state index in [1.165, 1.54) is 77.0 Å². The van der Waals surface area contributed by atoms with Crippen LogP contribution in [0.25, 0.3) is 0 Å². The van der Waals surface area contributed by atoms with Gasteiger partial charge in [0.1, 0.15) is 22.7 Å². The number of aliphatic hydroxyl groups is 2. The predicted octanol–water partition coefficient (Wildman–Crippen LogP) is 7.30. The molecule has 0 aromatic heterocycles. The standard InChI is InChI=1S/C26H54O3S/c1-5-7-9-11-13-15-17-19-21-25(3,27)23-30(29)24-26(4,28)22-20-18-16-14-12-10-8-6-2/h27-28H,5-24H2,1-4H3. The molecule has 0 bridgehead atoms. The lowest BCUT2D eigenvalue weighted by atomic mass is 9.99. The van der Waals surface area contributed by atoms with Gasteiger partial charge in [-0.2, -0.15) is 0 Å². The normalized spacial score (nSPS) is 16.9. The van der Waals surface area contributed by atoms with E-state index in [1.807, 2.05) is 0 Å². The molecule has 0 rings (SSSR count). The number of unbranched alkanes of at least 4 members (excludes halogenated alkanes) is 14. The van der Waals surface area contributed by atoms with Crippen molar-refractivity contribution in [2.24, 2.45) is 0 Å². The SMILES string of the molecule is CCCCCCCCCCC(C)(O)C[S+]([O-])CC(C)(O)CCCCCCCCCC. The molecule has 0 aliphatic carbocycles. The summed E-state index contributed by atoms with van der Waals surface area (Å²) < 4.78 is 12.5. The van der Waals surface area contributed by atoms with Crippen LogP contribution in [0, 0.1) is 0 Å². The Kier molecular flexibility index (Phi) is 18.9. The molecule has 182 valence electrons. The summed E-state index contributed by atoms with van der Waals surface area (Å²) in [5.41, 5.74) is -1.77. The van der Waals surface area contributed by atoms with Crippen molar-refractivity contribution in [1.82, 2.24) is 0 Å². The Hall–Kier alpha value is 0.230. The number of hydrogen-bond donors (Lipinski definition) is 2. The van der Waals surface area contributed by atoms with Crippen LogP contribution in [0.15, 0.2) is 0 Å². The van der Waals surface area contributed by atoms with E-state index in [0.717, 1.165) is 25.7 Å². The summed E-state index contributed by atoms with van der Waals surface area (Å²) in [6.45, 7) is 8.09. The van der Waals surface area contributed by atoms with Gasteiger partial charge in [-0.25, -0.2) is 0 Å². The fraction of sp³-hybridized carbons (Fsp3) is 1.00. The van der Waals surface area contributed by atoms with E-state index in [1.54, 1.807) is 13.8 Å². The molecule has 0 fully saturated rings. The molecule has 0 aromatic rings. The van der Waals surface area contributed by atoms with Crippen molar-refractivity contribution in [1.29, 1.82) is 0 Å². The summed E-state index contributed by atoms with van der Waals surface area (Å²) in [5, 5.41) is 21.2. The minimum Gasteiger partial charge on any atom is -0.616 e. The minimum atomic E-state index is -1.18. The Morgan fingerprint density at radius 1 is 0.533 bits per heavy atom. The second-order valence-corrected chi connectivity index (χ2v) is 11.6. The van der Waals surface area contributed by atoms with E-state index in [0.29, 0.717) is 12.8 Å². The van der Waals surface area contributed by atoms with Crippen LogP contribution >= 0.6 is 0 Å². The Morgan fingerprint density at radius 2 is 0.800 bits per heavy atom. The molecule has 0 radical (unpaired) electrons. The highest BCUT2D eigenvalue weighted by Crippen LogP contribution is 2.23. The summed E-state index contributed by atoms with van der Waals surface area (Å²) in [4.78, 5) is 0. The van der Waals surface area contributed by atoms with Gasteiger partial charge in [-0.05, 0) is 37.9 Å². The highest BCUT2D eigenvalue weighted by atomic mass is 32.2. The molecule has 2 atom stereocenters. The van der Waals surface area contributed by atoms with Crippen LogP contribution in [0.3, 0.4) is 0 Å². The second kappa shape index (κ2) is 18.8. The quantitative estimate of drug-likeness (QED) is 0.135. The van der Waals surface area contributed by atoms with Gasteiger partial charge in [0.15, 0.2) is 0 Å². The van der Waals surface area contributed by atoms with Gasteiger partial charge in [0, 0.05) is 0 Å². The van der Waals surface area contributed by atoms with E-state index >= 15 is 0 Å². The van der Waals surface area contributed by atoms with Crippen molar-refractivity contribution in [2.45, 2.75) is 154 Å². The van der Waals surface area contributed by atoms with Crippen molar-refractivity contribution >= 4 is 11.2 Å². The molecule has 0 aliphatic rings. The van der Waals surface area contributed by atoms with Gasteiger partial charge in [0.05, 0.1) is 0 Å². The highest BCUT2D eigenvalue weighted by molar-refractivity contribution is 7.91. The third-order valence-corrected chi connectivity index (χ3v) is 7.97. The first-order chi connectivity index (χ1) is 14.2. The van der Waals surface area contributed by atoms with Crippen LogP contribution in [-0.2, 0) is 11.2 Å². The molecule has 30 heavy (non-hydrogen) atoms. The van der Waals surface area contributed by atoms with Crippen LogP contribution in [0.1, 0.15) is 143 Å². The van der Waals surface area contributed by atoms with Crippen molar-refractivity contribution in [3.8, 4) is 0 Å². The lowest BCUT2D eigenvalue weighted by Gasteiger charge is -2.29. The molecule has 3 nitrogen and oxygen atoms in total. The maximum absolute atomic E-state index is 12.5. The first-order valence-electron chi connectivity index (χ1n) is 13.0. The zero-order chi connectivity index (χ0) is 22.7. The molecule has 0 saturated carbocycles. The van der Waals surface area contributed by atoms with E-state index in [2.05, 4.69) is 13.8 Å². The maximum atomic E-state index is 12.5. The molecule has 0 saturated heterocycles. The zero-order valence-corrected chi connectivity index (χ0v) is 21.7. The minimum absolute atomic E-state index is 0.275. The zero-order valence-electron chi connectivity index (χ0n) is 20.9. The van der Waals surface area contributed by atoms with E-state index in [-0.39, 0.29) is 11.5 Å². The van der Waals surface area contributed by atoms with Crippen LogP contribution in [0.4, 0.5) is 0 Å². The van der Waals surface area contributed by atoms with Gasteiger partial charge >= 0.3 is 0 Å². The maximum Gasteiger partial charge on any atom is 0.134 e. The van der Waals surface area contributed by atoms with Crippen molar-refractivity contribution in [3.05, 3.63) is 0 Å². The van der Waals surface area contributed by atoms with Crippen molar-refractivity contribution < 1.29 is 14.8 Å². The molecule has 2 unspecified atom stereocenters. The van der Waals surface area contributed by atoms with Crippen LogP contribution in [0.2, 0.25) is 0 Å². The lowest BCUT2D eigenvalue weighted by molar-refractivity contribution is 0.0642. The first-order valence-corrected chi connectivity index (χ1v) is 14.5. The third-order valence-electron chi connectivity index (χ3n) is 6.08. The van der Waals surface area contributed by atoms with E-state index in [9.17, 15) is 14.8 Å². The molecule has 0 spiro atoms. The van der Waals surface area contributed by atoms with Crippen LogP contribution in [0.5, 0.6) is 0 Å². The Bertz CT molecular complexity index is 337. The number of hydrogen-bond acceptors (Lipinski definition) is 3. The fourth-order valence-corrected chi connectivity index (χ4v) is 5.95. The Labute approximate surface area is 192 Å². The highest BCUT2D eigenvalue weighted by Gasteiger charge is 2.32. The molecule has 0 heterocycles. The van der Waals surface area contributed by atoms with Gasteiger partial charge < -0.3 is 14.8 Å². The van der Waals surface area contributed by atoms with Crippen LogP contribution < -0.4 is 0 Å². The summed E-state index contributed by atoms with van der Waals surface area (Å²) in [6, 6.07) is 0. The van der Waals surface area contributed by atoms with Gasteiger partial charge in [0.25, 0.3) is 0 Å². The second-order valence-electron chi connectivity index (χ2n) is 10.2. The molecular formula is C26H54O3S. The molecule has 0 aromatic carbocycles. The summed E-state index contributed by atoms with van der Waals surface area (Å²) in [6.07, 6.45) is 21.3. The van der Waals surface area contributed by atoms with Gasteiger partial charge in [-0.15, -0.1) is 0 Å². The van der Waals surface area contributed by atoms with Crippen molar-refractivity contribution in [2.75, 3.05) is 11.5 Å². The van der Waals surface area contributed by atoms with E-state index < -0.39 is 22.4 Å². The fourth-order valence-electron chi connectivity index (χ4n) is 4.17. The van der Waals surface area contributed by atoms with Gasteiger partial charge in [-0.1, -0.05) is 117 Å². The van der Waals surface area contributed by atoms with Gasteiger partial charge in [0.2, 0.25) is 0 Å². The average molecular weight is 447 g/mol. The third kappa shape index (κ3) is 20.2. The summed E-state index contributed by atoms with van der Waals surface area (Å²) in [7, 11) is 0. The monoisotopic (exact) mass is 446 g/mol. The van der Waals surface area contributed by atoms with E-state index in [4.69, 9.17) is 0 Å². The smallest absolute Gasteiger partial charge is 0.134 e. The molecular weight excluding hydrogens is 392 g/mol. The number of rotatable bonds is 22. The average Bonchev–Trinajstić information content (AvgIpc) is 2.65. The Balaban J connectivity index is 3.85. The molecule has 0 aliphatic heterocycles. The Morgan fingerprint density at radius 3 is 1.10 bits per heavy atom. The summed E-state index contributed by atoms with van der Waals surface area (Å²) in [5.74, 6) is 0.550.